The predicted octanol–water partition coefficient (Wildman–Crippen LogP) is 11.8. The molecule has 0 bridgehead atoms. The van der Waals surface area contributed by atoms with Crippen molar-refractivity contribution in [2.75, 3.05) is 0 Å². The Balaban J connectivity index is 1.12. The van der Waals surface area contributed by atoms with Crippen molar-refractivity contribution in [3.8, 4) is 34.2 Å². The molecule has 0 saturated carbocycles. The van der Waals surface area contributed by atoms with Gasteiger partial charge >= 0.3 is 7.12 Å². The van der Waals surface area contributed by atoms with Gasteiger partial charge in [0.2, 0.25) is 0 Å². The first-order chi connectivity index (χ1) is 26.2. The van der Waals surface area contributed by atoms with E-state index in [1.165, 1.54) is 40.3 Å². The number of benzene rings is 6. The molecule has 260 valence electrons. The van der Waals surface area contributed by atoms with Crippen molar-refractivity contribution in [1.29, 1.82) is 0 Å². The molecule has 1 aliphatic heterocycles. The molecule has 6 aromatic carbocycles. The standard InChI is InChI=1S/C45H32BN3O3S2/c1-44(2)45(3,4)52-46(51-44)27-18-21-34-33(24-27)40-32(12-9-13-35(40)50-34)43-48-41(25-16-19-30-28-10-5-7-14-36(28)53-38(30)22-25)47-42(49-43)26-17-20-31-29-11-6-8-15-37(29)54-39(31)23-26/h5-24H,1-4H3. The zero-order chi connectivity index (χ0) is 36.3. The third kappa shape index (κ3) is 4.89. The van der Waals surface area contributed by atoms with E-state index in [1.807, 2.05) is 24.3 Å². The highest BCUT2D eigenvalue weighted by molar-refractivity contribution is 7.26. The lowest BCUT2D eigenvalue weighted by molar-refractivity contribution is 0.00578. The van der Waals surface area contributed by atoms with Crippen molar-refractivity contribution in [2.24, 2.45) is 0 Å². The molecular weight excluding hydrogens is 705 g/mol. The quantitative estimate of drug-likeness (QED) is 0.168. The van der Waals surface area contributed by atoms with Crippen molar-refractivity contribution in [2.45, 2.75) is 38.9 Å². The number of nitrogens with zero attached hydrogens (tertiary/aromatic N) is 3. The number of furan rings is 1. The van der Waals surface area contributed by atoms with Gasteiger partial charge in [-0.2, -0.15) is 0 Å². The summed E-state index contributed by atoms with van der Waals surface area (Å²) in [6.45, 7) is 8.29. The van der Waals surface area contributed by atoms with Gasteiger partial charge in [-0.3, -0.25) is 0 Å². The zero-order valence-electron chi connectivity index (χ0n) is 30.0. The average molecular weight is 738 g/mol. The molecule has 11 rings (SSSR count). The molecule has 1 fully saturated rings. The second-order valence-electron chi connectivity index (χ2n) is 15.0. The van der Waals surface area contributed by atoms with Crippen LogP contribution in [0.25, 0.3) is 96.4 Å². The van der Waals surface area contributed by atoms with Crippen molar-refractivity contribution in [1.82, 2.24) is 15.0 Å². The highest BCUT2D eigenvalue weighted by atomic mass is 32.1. The Morgan fingerprint density at radius 2 is 1.04 bits per heavy atom. The highest BCUT2D eigenvalue weighted by Crippen LogP contribution is 2.41. The van der Waals surface area contributed by atoms with Gasteiger partial charge in [0, 0.05) is 67.8 Å². The first-order valence-corrected chi connectivity index (χ1v) is 19.7. The number of hydrogen-bond donors (Lipinski definition) is 0. The number of fused-ring (bicyclic) bond motifs is 9. The van der Waals surface area contributed by atoms with E-state index >= 15 is 0 Å². The van der Waals surface area contributed by atoms with Crippen LogP contribution < -0.4 is 5.46 Å². The fraction of sp³-hybridized carbons (Fsp3) is 0.133. The molecule has 0 aliphatic carbocycles. The van der Waals surface area contributed by atoms with E-state index in [9.17, 15) is 0 Å². The minimum Gasteiger partial charge on any atom is -0.456 e. The van der Waals surface area contributed by atoms with Crippen LogP contribution >= 0.6 is 22.7 Å². The van der Waals surface area contributed by atoms with Crippen molar-refractivity contribution >= 4 is 97.5 Å². The lowest BCUT2D eigenvalue weighted by Crippen LogP contribution is -2.41. The summed E-state index contributed by atoms with van der Waals surface area (Å²) in [4.78, 5) is 15.6. The predicted molar refractivity (Wildman–Crippen MR) is 225 cm³/mol. The second kappa shape index (κ2) is 11.5. The van der Waals surface area contributed by atoms with E-state index in [1.54, 1.807) is 22.7 Å². The van der Waals surface area contributed by atoms with Crippen molar-refractivity contribution in [3.05, 3.63) is 121 Å². The molecule has 0 unspecified atom stereocenters. The minimum absolute atomic E-state index is 0.453. The Kier molecular flexibility index (Phi) is 6.84. The summed E-state index contributed by atoms with van der Waals surface area (Å²) >= 11 is 3.58. The molecule has 0 N–H and O–H groups in total. The fourth-order valence-corrected chi connectivity index (χ4v) is 9.93. The average Bonchev–Trinajstić information content (AvgIpc) is 3.91. The molecule has 1 aliphatic rings. The summed E-state index contributed by atoms with van der Waals surface area (Å²) in [6, 6.07) is 42.4. The minimum atomic E-state index is -0.500. The third-order valence-electron chi connectivity index (χ3n) is 11.2. The number of hydrogen-bond acceptors (Lipinski definition) is 8. The van der Waals surface area contributed by atoms with Gasteiger partial charge in [-0.05, 0) is 69.6 Å². The molecule has 0 amide bonds. The van der Waals surface area contributed by atoms with Gasteiger partial charge in [-0.1, -0.05) is 84.9 Å². The zero-order valence-corrected chi connectivity index (χ0v) is 31.6. The lowest BCUT2D eigenvalue weighted by atomic mass is 9.78. The SMILES string of the molecule is CC1(C)OB(c2ccc3oc4cccc(-c5nc(-c6ccc7c(c6)sc6ccccc67)nc(-c6ccc7c(c6)sc6ccccc67)n5)c4c3c2)OC1(C)C. The van der Waals surface area contributed by atoms with E-state index in [4.69, 9.17) is 28.7 Å². The summed E-state index contributed by atoms with van der Waals surface area (Å²) in [7, 11) is -0.500. The monoisotopic (exact) mass is 737 g/mol. The van der Waals surface area contributed by atoms with Gasteiger partial charge in [0.1, 0.15) is 11.2 Å². The molecule has 10 aromatic rings. The van der Waals surface area contributed by atoms with E-state index in [2.05, 4.69) is 125 Å². The first kappa shape index (κ1) is 32.0. The molecular formula is C45H32BN3O3S2. The molecule has 0 atom stereocenters. The fourth-order valence-electron chi connectivity index (χ4n) is 7.64. The second-order valence-corrected chi connectivity index (χ2v) is 17.2. The number of thiophene rings is 2. The first-order valence-electron chi connectivity index (χ1n) is 18.1. The van der Waals surface area contributed by atoms with Gasteiger partial charge in [0.15, 0.2) is 17.5 Å². The van der Waals surface area contributed by atoms with Gasteiger partial charge in [0.25, 0.3) is 0 Å². The molecule has 0 radical (unpaired) electrons. The molecule has 9 heteroatoms. The Morgan fingerprint density at radius 1 is 0.481 bits per heavy atom. The van der Waals surface area contributed by atoms with E-state index in [-0.39, 0.29) is 0 Å². The topological polar surface area (TPSA) is 70.3 Å². The summed E-state index contributed by atoms with van der Waals surface area (Å²) in [5, 5.41) is 6.88. The van der Waals surface area contributed by atoms with Gasteiger partial charge in [0.05, 0.1) is 11.2 Å². The van der Waals surface area contributed by atoms with Crippen LogP contribution in [0.4, 0.5) is 0 Å². The van der Waals surface area contributed by atoms with E-state index < -0.39 is 18.3 Å². The Bertz CT molecular complexity index is 3010. The van der Waals surface area contributed by atoms with Crippen LogP contribution in [-0.2, 0) is 9.31 Å². The van der Waals surface area contributed by atoms with Crippen LogP contribution in [0.3, 0.4) is 0 Å². The molecule has 4 aromatic heterocycles. The Morgan fingerprint density at radius 3 is 1.65 bits per heavy atom. The van der Waals surface area contributed by atoms with Crippen LogP contribution in [0.5, 0.6) is 0 Å². The number of aromatic nitrogens is 3. The summed E-state index contributed by atoms with van der Waals surface area (Å²) in [5.74, 6) is 1.82. The van der Waals surface area contributed by atoms with Gasteiger partial charge < -0.3 is 13.7 Å². The normalized spacial score (nSPS) is 15.5. The van der Waals surface area contributed by atoms with Crippen LogP contribution in [0.15, 0.2) is 126 Å². The summed E-state index contributed by atoms with van der Waals surface area (Å²) < 4.78 is 24.3. The highest BCUT2D eigenvalue weighted by Gasteiger charge is 2.51. The number of rotatable bonds is 4. The molecule has 5 heterocycles. The van der Waals surface area contributed by atoms with Crippen molar-refractivity contribution < 1.29 is 13.7 Å². The maximum Gasteiger partial charge on any atom is 0.494 e. The molecule has 6 nitrogen and oxygen atoms in total. The van der Waals surface area contributed by atoms with E-state index in [0.29, 0.717) is 17.5 Å². The molecule has 54 heavy (non-hydrogen) atoms. The Hall–Kier alpha value is -5.45. The van der Waals surface area contributed by atoms with E-state index in [0.717, 1.165) is 44.1 Å². The molecule has 0 spiro atoms. The van der Waals surface area contributed by atoms with Crippen molar-refractivity contribution in [3.63, 3.8) is 0 Å². The Labute approximate surface area is 319 Å². The van der Waals surface area contributed by atoms with Gasteiger partial charge in [-0.15, -0.1) is 22.7 Å². The maximum absolute atomic E-state index is 6.45. The van der Waals surface area contributed by atoms with Crippen LogP contribution in [0.2, 0.25) is 0 Å². The van der Waals surface area contributed by atoms with Crippen LogP contribution in [-0.4, -0.2) is 33.3 Å². The van der Waals surface area contributed by atoms with Gasteiger partial charge in [-0.25, -0.2) is 15.0 Å². The lowest BCUT2D eigenvalue weighted by Gasteiger charge is -2.32. The largest absolute Gasteiger partial charge is 0.494 e. The van der Waals surface area contributed by atoms with Crippen LogP contribution in [0, 0.1) is 0 Å². The maximum atomic E-state index is 6.45. The molecule has 1 saturated heterocycles. The third-order valence-corrected chi connectivity index (χ3v) is 13.5. The summed E-state index contributed by atoms with van der Waals surface area (Å²) in [5.41, 5.74) is 4.31. The smallest absolute Gasteiger partial charge is 0.456 e. The van der Waals surface area contributed by atoms with Crippen LogP contribution in [0.1, 0.15) is 27.7 Å². The summed E-state index contributed by atoms with van der Waals surface area (Å²) in [6.07, 6.45) is 0.